The second-order valence-electron chi connectivity index (χ2n) is 3.41. The number of hydrogen-bond acceptors (Lipinski definition) is 3. The Kier molecular flexibility index (Phi) is 2.68. The predicted octanol–water partition coefficient (Wildman–Crippen LogP) is 2.69. The molecule has 0 atom stereocenters. The van der Waals surface area contributed by atoms with Crippen molar-refractivity contribution in [1.82, 2.24) is 10.2 Å². The lowest BCUT2D eigenvalue weighted by molar-refractivity contribution is 1.10. The first kappa shape index (κ1) is 10.1. The van der Waals surface area contributed by atoms with Crippen molar-refractivity contribution < 1.29 is 0 Å². The SMILES string of the molecule is CSc1ccc(C)cc1-c1cc(N)n[nH]1. The highest BCUT2D eigenvalue weighted by molar-refractivity contribution is 7.98. The fraction of sp³-hybridized carbons (Fsp3) is 0.182. The Balaban J connectivity index is 2.55. The third-order valence-corrected chi connectivity index (χ3v) is 3.04. The van der Waals surface area contributed by atoms with Crippen molar-refractivity contribution in [2.75, 3.05) is 12.0 Å². The van der Waals surface area contributed by atoms with Crippen LogP contribution in [0, 0.1) is 6.92 Å². The summed E-state index contributed by atoms with van der Waals surface area (Å²) in [6.45, 7) is 2.08. The zero-order valence-electron chi connectivity index (χ0n) is 8.74. The van der Waals surface area contributed by atoms with E-state index in [4.69, 9.17) is 5.73 Å². The van der Waals surface area contributed by atoms with Gasteiger partial charge in [0.25, 0.3) is 0 Å². The van der Waals surface area contributed by atoms with Gasteiger partial charge in [0.1, 0.15) is 5.82 Å². The first-order chi connectivity index (χ1) is 7.20. The average molecular weight is 219 g/mol. The number of benzene rings is 1. The molecule has 0 fully saturated rings. The van der Waals surface area contributed by atoms with Crippen molar-refractivity contribution in [2.45, 2.75) is 11.8 Å². The molecule has 0 aliphatic heterocycles. The lowest BCUT2D eigenvalue weighted by atomic mass is 10.1. The van der Waals surface area contributed by atoms with E-state index in [0.717, 1.165) is 11.3 Å². The normalized spacial score (nSPS) is 10.5. The third kappa shape index (κ3) is 1.99. The predicted molar refractivity (Wildman–Crippen MR) is 65.0 cm³/mol. The van der Waals surface area contributed by atoms with E-state index in [1.807, 2.05) is 6.07 Å². The molecule has 0 saturated heterocycles. The maximum absolute atomic E-state index is 5.60. The van der Waals surface area contributed by atoms with Crippen LogP contribution in [0.2, 0.25) is 0 Å². The molecule has 1 aromatic heterocycles. The molecule has 2 rings (SSSR count). The van der Waals surface area contributed by atoms with Gasteiger partial charge in [0.2, 0.25) is 0 Å². The van der Waals surface area contributed by atoms with Gasteiger partial charge in [-0.15, -0.1) is 11.8 Å². The number of H-pyrrole nitrogens is 1. The Labute approximate surface area is 93.1 Å². The van der Waals surface area contributed by atoms with Gasteiger partial charge >= 0.3 is 0 Å². The van der Waals surface area contributed by atoms with Crippen molar-refractivity contribution in [3.63, 3.8) is 0 Å². The molecule has 1 aromatic carbocycles. The summed E-state index contributed by atoms with van der Waals surface area (Å²) in [6.07, 6.45) is 2.06. The zero-order valence-corrected chi connectivity index (χ0v) is 9.56. The lowest BCUT2D eigenvalue weighted by Gasteiger charge is -2.05. The Bertz CT molecular complexity index is 476. The standard InChI is InChI=1S/C11H13N3S/c1-7-3-4-10(15-2)8(5-7)9-6-11(12)14-13-9/h3-6H,1-2H3,(H3,12,13,14). The number of aromatic amines is 1. The Morgan fingerprint density at radius 2 is 2.13 bits per heavy atom. The number of rotatable bonds is 2. The van der Waals surface area contributed by atoms with Crippen molar-refractivity contribution in [3.05, 3.63) is 29.8 Å². The molecule has 3 N–H and O–H groups in total. The fourth-order valence-corrected chi connectivity index (χ4v) is 2.10. The molecule has 0 unspecified atom stereocenters. The number of aromatic nitrogens is 2. The summed E-state index contributed by atoms with van der Waals surface area (Å²) in [5, 5.41) is 6.88. The van der Waals surface area contributed by atoms with Gasteiger partial charge < -0.3 is 5.73 Å². The summed E-state index contributed by atoms with van der Waals surface area (Å²) in [4.78, 5) is 1.23. The van der Waals surface area contributed by atoms with Crippen LogP contribution in [0.3, 0.4) is 0 Å². The number of thioether (sulfide) groups is 1. The van der Waals surface area contributed by atoms with Crippen molar-refractivity contribution in [1.29, 1.82) is 0 Å². The van der Waals surface area contributed by atoms with Crippen LogP contribution in [0.15, 0.2) is 29.2 Å². The smallest absolute Gasteiger partial charge is 0.145 e. The minimum atomic E-state index is 0.526. The van der Waals surface area contributed by atoms with Crippen LogP contribution >= 0.6 is 11.8 Å². The molecular weight excluding hydrogens is 206 g/mol. The number of nitrogen functional groups attached to an aromatic ring is 1. The summed E-state index contributed by atoms with van der Waals surface area (Å²) in [7, 11) is 0. The summed E-state index contributed by atoms with van der Waals surface area (Å²) in [5.74, 6) is 0.526. The summed E-state index contributed by atoms with van der Waals surface area (Å²) in [6, 6.07) is 8.22. The quantitative estimate of drug-likeness (QED) is 0.763. The van der Waals surface area contributed by atoms with E-state index < -0.39 is 0 Å². The van der Waals surface area contributed by atoms with Crippen LogP contribution in [-0.2, 0) is 0 Å². The molecular formula is C11H13N3S. The first-order valence-electron chi connectivity index (χ1n) is 4.66. The Morgan fingerprint density at radius 3 is 2.73 bits per heavy atom. The molecule has 0 saturated carbocycles. The van der Waals surface area contributed by atoms with Crippen molar-refractivity contribution in [3.8, 4) is 11.3 Å². The third-order valence-electron chi connectivity index (χ3n) is 2.24. The molecule has 4 heteroatoms. The molecule has 3 nitrogen and oxygen atoms in total. The maximum Gasteiger partial charge on any atom is 0.145 e. The summed E-state index contributed by atoms with van der Waals surface area (Å²) in [5.41, 5.74) is 8.96. The fourth-order valence-electron chi connectivity index (χ4n) is 1.51. The van der Waals surface area contributed by atoms with Gasteiger partial charge in [-0.25, -0.2) is 0 Å². The molecule has 0 amide bonds. The minimum Gasteiger partial charge on any atom is -0.382 e. The van der Waals surface area contributed by atoms with E-state index in [1.54, 1.807) is 11.8 Å². The molecule has 2 aromatic rings. The molecule has 78 valence electrons. The average Bonchev–Trinajstić information content (AvgIpc) is 2.65. The monoisotopic (exact) mass is 219 g/mol. The lowest BCUT2D eigenvalue weighted by Crippen LogP contribution is -1.84. The van der Waals surface area contributed by atoms with E-state index in [-0.39, 0.29) is 0 Å². The molecule has 0 aliphatic carbocycles. The summed E-state index contributed by atoms with van der Waals surface area (Å²) < 4.78 is 0. The van der Waals surface area contributed by atoms with E-state index in [0.29, 0.717) is 5.82 Å². The van der Waals surface area contributed by atoms with Gasteiger partial charge in [-0.2, -0.15) is 5.10 Å². The zero-order chi connectivity index (χ0) is 10.8. The second-order valence-corrected chi connectivity index (χ2v) is 4.26. The highest BCUT2D eigenvalue weighted by Crippen LogP contribution is 2.30. The van der Waals surface area contributed by atoms with E-state index in [1.165, 1.54) is 10.5 Å². The van der Waals surface area contributed by atoms with Gasteiger partial charge in [-0.3, -0.25) is 5.10 Å². The summed E-state index contributed by atoms with van der Waals surface area (Å²) >= 11 is 1.72. The van der Waals surface area contributed by atoms with E-state index in [2.05, 4.69) is 41.6 Å². The van der Waals surface area contributed by atoms with Gasteiger partial charge in [0.05, 0.1) is 5.69 Å². The van der Waals surface area contributed by atoms with Gasteiger partial charge in [-0.05, 0) is 25.3 Å². The highest BCUT2D eigenvalue weighted by atomic mass is 32.2. The number of hydrogen-bond donors (Lipinski definition) is 2. The van der Waals surface area contributed by atoms with E-state index in [9.17, 15) is 0 Å². The van der Waals surface area contributed by atoms with Crippen LogP contribution in [0.5, 0.6) is 0 Å². The Morgan fingerprint density at radius 1 is 1.33 bits per heavy atom. The molecule has 0 radical (unpaired) electrons. The number of nitrogens with zero attached hydrogens (tertiary/aromatic N) is 1. The van der Waals surface area contributed by atoms with Crippen LogP contribution < -0.4 is 5.73 Å². The van der Waals surface area contributed by atoms with Gasteiger partial charge in [-0.1, -0.05) is 11.6 Å². The second kappa shape index (κ2) is 3.98. The number of nitrogens with one attached hydrogen (secondary N) is 1. The van der Waals surface area contributed by atoms with Crippen LogP contribution in [0.1, 0.15) is 5.56 Å². The highest BCUT2D eigenvalue weighted by Gasteiger charge is 2.07. The van der Waals surface area contributed by atoms with Gasteiger partial charge in [0.15, 0.2) is 0 Å². The van der Waals surface area contributed by atoms with Crippen LogP contribution in [-0.4, -0.2) is 16.5 Å². The van der Waals surface area contributed by atoms with Crippen molar-refractivity contribution >= 4 is 17.6 Å². The van der Waals surface area contributed by atoms with Crippen LogP contribution in [0.4, 0.5) is 5.82 Å². The topological polar surface area (TPSA) is 54.7 Å². The molecule has 0 aliphatic rings. The number of anilines is 1. The maximum atomic E-state index is 5.60. The molecule has 0 spiro atoms. The molecule has 0 bridgehead atoms. The Hall–Kier alpha value is -1.42. The van der Waals surface area contributed by atoms with Crippen molar-refractivity contribution in [2.24, 2.45) is 0 Å². The van der Waals surface area contributed by atoms with Crippen LogP contribution in [0.25, 0.3) is 11.3 Å². The van der Waals surface area contributed by atoms with E-state index >= 15 is 0 Å². The number of aryl methyl sites for hydroxylation is 1. The van der Waals surface area contributed by atoms with Gasteiger partial charge in [0, 0.05) is 16.5 Å². The minimum absolute atomic E-state index is 0.526. The number of nitrogens with two attached hydrogens (primary N) is 1. The first-order valence-corrected chi connectivity index (χ1v) is 5.89. The largest absolute Gasteiger partial charge is 0.382 e. The molecule has 15 heavy (non-hydrogen) atoms. The molecule has 1 heterocycles.